The maximum Gasteiger partial charge on any atom is 0.409 e. The molecule has 2 aliphatic rings. The number of ether oxygens (including phenoxy) is 2. The predicted octanol–water partition coefficient (Wildman–Crippen LogP) is 2.66. The molecule has 0 unspecified atom stereocenters. The maximum absolute atomic E-state index is 13.1. The van der Waals surface area contributed by atoms with Crippen molar-refractivity contribution in [1.82, 2.24) is 14.1 Å². The Morgan fingerprint density at radius 3 is 2.32 bits per heavy atom. The number of sulfonamides is 1. The van der Waals surface area contributed by atoms with E-state index >= 15 is 0 Å². The van der Waals surface area contributed by atoms with Gasteiger partial charge in [0.15, 0.2) is 0 Å². The average Bonchev–Trinajstić information content (AvgIpc) is 3.25. The summed E-state index contributed by atoms with van der Waals surface area (Å²) in [5.74, 6) is -0.953. The Balaban J connectivity index is 0.00000400. The van der Waals surface area contributed by atoms with Gasteiger partial charge in [-0.05, 0) is 50.2 Å². The van der Waals surface area contributed by atoms with Crippen LogP contribution in [-0.4, -0.2) is 94.0 Å². The summed E-state index contributed by atoms with van der Waals surface area (Å²) in [5.41, 5.74) is 1.53. The lowest BCUT2D eigenvalue weighted by Crippen LogP contribution is -2.50. The van der Waals surface area contributed by atoms with Gasteiger partial charge < -0.3 is 24.6 Å². The van der Waals surface area contributed by atoms with E-state index in [-0.39, 0.29) is 55.7 Å². The summed E-state index contributed by atoms with van der Waals surface area (Å²) in [6.07, 6.45) is 0.229. The first kappa shape index (κ1) is 29.8. The molecule has 0 atom stereocenters. The van der Waals surface area contributed by atoms with Gasteiger partial charge >= 0.3 is 12.1 Å². The molecular weight excluding hydrogens is 556 g/mol. The number of esters is 1. The average molecular weight is 587 g/mol. The number of nitrogens with one attached hydrogen (secondary N) is 1. The molecule has 4 rings (SSSR count). The molecule has 1 saturated heterocycles. The second-order valence-corrected chi connectivity index (χ2v) is 11.8. The third-order valence-corrected chi connectivity index (χ3v) is 9.43. The van der Waals surface area contributed by atoms with E-state index in [9.17, 15) is 22.8 Å². The van der Waals surface area contributed by atoms with Gasteiger partial charge in [-0.25, -0.2) is 18.0 Å². The molecule has 11 nitrogen and oxygen atoms in total. The number of halogens is 1. The fourth-order valence-electron chi connectivity index (χ4n) is 4.37. The molecular formula is C24H31ClN4O7S2. The zero-order valence-corrected chi connectivity index (χ0v) is 23.8. The number of anilines is 1. The molecule has 0 aliphatic carbocycles. The number of carbonyl (C=O) groups is 3. The van der Waals surface area contributed by atoms with Crippen molar-refractivity contribution < 1.29 is 32.3 Å². The second kappa shape index (κ2) is 12.4. The highest BCUT2D eigenvalue weighted by Crippen LogP contribution is 2.37. The normalized spacial score (nSPS) is 16.2. The molecule has 1 N–H and O–H groups in total. The van der Waals surface area contributed by atoms with Crippen molar-refractivity contribution in [2.75, 3.05) is 58.8 Å². The smallest absolute Gasteiger partial charge is 0.409 e. The number of hydrogen-bond donors (Lipinski definition) is 1. The molecule has 0 saturated carbocycles. The number of carbonyl (C=O) groups excluding carboxylic acids is 3. The number of methoxy groups -OCH3 is 1. The Hall–Kier alpha value is -2.71. The number of nitrogens with zero attached hydrogens (tertiary/aromatic N) is 3. The van der Waals surface area contributed by atoms with Gasteiger partial charge in [0, 0.05) is 49.7 Å². The van der Waals surface area contributed by atoms with Crippen molar-refractivity contribution in [3.8, 4) is 0 Å². The van der Waals surface area contributed by atoms with Crippen LogP contribution in [-0.2, 0) is 32.5 Å². The lowest BCUT2D eigenvalue weighted by atomic mass is 10.0. The van der Waals surface area contributed by atoms with Crippen molar-refractivity contribution in [3.05, 3.63) is 45.8 Å². The number of hydrogen-bond acceptors (Lipinski definition) is 9. The molecule has 208 valence electrons. The van der Waals surface area contributed by atoms with E-state index in [1.54, 1.807) is 6.92 Å². The third-order valence-electron chi connectivity index (χ3n) is 6.38. The molecule has 3 heterocycles. The highest BCUT2D eigenvalue weighted by Gasteiger charge is 2.31. The largest absolute Gasteiger partial charge is 0.465 e. The summed E-state index contributed by atoms with van der Waals surface area (Å²) >= 11 is 1.35. The van der Waals surface area contributed by atoms with Crippen LogP contribution in [0.5, 0.6) is 0 Å². The van der Waals surface area contributed by atoms with Gasteiger partial charge in [-0.2, -0.15) is 4.31 Å². The van der Waals surface area contributed by atoms with Crippen LogP contribution in [0.2, 0.25) is 0 Å². The number of piperazine rings is 1. The second-order valence-electron chi connectivity index (χ2n) is 8.76. The van der Waals surface area contributed by atoms with Crippen LogP contribution in [0.25, 0.3) is 0 Å². The van der Waals surface area contributed by atoms with Crippen LogP contribution in [0, 0.1) is 0 Å². The summed E-state index contributed by atoms with van der Waals surface area (Å²) in [5, 5.41) is 3.24. The van der Waals surface area contributed by atoms with E-state index < -0.39 is 28.0 Å². The SMILES string of the molecule is CCOC(=O)N1CCN(S(=O)(=O)c2ccc(C(=O)Nc3sc4c(c3C(=O)OC)CCN(C)C4)cc2)CC1.Cl. The van der Waals surface area contributed by atoms with Gasteiger partial charge in [0.2, 0.25) is 10.0 Å². The van der Waals surface area contributed by atoms with Gasteiger partial charge in [0.1, 0.15) is 5.00 Å². The molecule has 1 aromatic carbocycles. The van der Waals surface area contributed by atoms with Gasteiger partial charge in [0.25, 0.3) is 5.91 Å². The fourth-order valence-corrected chi connectivity index (χ4v) is 7.10. The lowest BCUT2D eigenvalue weighted by molar-refractivity contribution is 0.0600. The Morgan fingerprint density at radius 1 is 1.05 bits per heavy atom. The van der Waals surface area contributed by atoms with Crippen molar-refractivity contribution in [3.63, 3.8) is 0 Å². The van der Waals surface area contributed by atoms with E-state index in [1.165, 1.54) is 51.9 Å². The number of likely N-dealkylation sites (N-methyl/N-ethyl adjacent to an activating group) is 1. The van der Waals surface area contributed by atoms with E-state index in [2.05, 4.69) is 10.2 Å². The fraction of sp³-hybridized carbons (Fsp3) is 0.458. The Bertz CT molecular complexity index is 1290. The summed E-state index contributed by atoms with van der Waals surface area (Å²) < 4.78 is 37.4. The van der Waals surface area contributed by atoms with E-state index in [4.69, 9.17) is 9.47 Å². The number of benzene rings is 1. The first-order chi connectivity index (χ1) is 17.6. The van der Waals surface area contributed by atoms with Crippen molar-refractivity contribution in [1.29, 1.82) is 0 Å². The Labute approximate surface area is 232 Å². The molecule has 1 aromatic heterocycles. The van der Waals surface area contributed by atoms with Crippen molar-refractivity contribution in [2.45, 2.75) is 24.8 Å². The van der Waals surface area contributed by atoms with Crippen LogP contribution < -0.4 is 5.32 Å². The molecule has 0 radical (unpaired) electrons. The van der Waals surface area contributed by atoms with Crippen molar-refractivity contribution >= 4 is 56.7 Å². The predicted molar refractivity (Wildman–Crippen MR) is 145 cm³/mol. The Kier molecular flexibility index (Phi) is 9.76. The number of rotatable bonds is 6. The molecule has 38 heavy (non-hydrogen) atoms. The quantitative estimate of drug-likeness (QED) is 0.512. The zero-order chi connectivity index (χ0) is 26.7. The van der Waals surface area contributed by atoms with E-state index in [0.717, 1.165) is 17.0 Å². The van der Waals surface area contributed by atoms with E-state index in [1.807, 2.05) is 7.05 Å². The third kappa shape index (κ3) is 6.12. The zero-order valence-electron chi connectivity index (χ0n) is 21.4. The van der Waals surface area contributed by atoms with Crippen LogP contribution in [0.4, 0.5) is 9.80 Å². The van der Waals surface area contributed by atoms with Crippen LogP contribution in [0.15, 0.2) is 29.2 Å². The first-order valence-electron chi connectivity index (χ1n) is 11.9. The number of thiophene rings is 1. The summed E-state index contributed by atoms with van der Waals surface area (Å²) in [4.78, 5) is 42.0. The summed E-state index contributed by atoms with van der Waals surface area (Å²) in [6.45, 7) is 4.23. The van der Waals surface area contributed by atoms with E-state index in [0.29, 0.717) is 23.5 Å². The minimum atomic E-state index is -3.79. The topological polar surface area (TPSA) is 126 Å². The van der Waals surface area contributed by atoms with Gasteiger partial charge in [-0.3, -0.25) is 4.79 Å². The van der Waals surface area contributed by atoms with Gasteiger partial charge in [-0.1, -0.05) is 0 Å². The highest BCUT2D eigenvalue weighted by molar-refractivity contribution is 7.89. The molecule has 0 spiro atoms. The summed E-state index contributed by atoms with van der Waals surface area (Å²) in [7, 11) is -0.491. The highest BCUT2D eigenvalue weighted by atomic mass is 35.5. The molecule has 2 amide bonds. The van der Waals surface area contributed by atoms with Crippen LogP contribution >= 0.6 is 23.7 Å². The molecule has 0 bridgehead atoms. The number of amides is 2. The summed E-state index contributed by atoms with van der Waals surface area (Å²) in [6, 6.07) is 5.65. The first-order valence-corrected chi connectivity index (χ1v) is 14.2. The lowest BCUT2D eigenvalue weighted by Gasteiger charge is -2.33. The van der Waals surface area contributed by atoms with Crippen LogP contribution in [0.3, 0.4) is 0 Å². The van der Waals surface area contributed by atoms with Crippen LogP contribution in [0.1, 0.15) is 38.1 Å². The number of fused-ring (bicyclic) bond motifs is 1. The minimum absolute atomic E-state index is 0. The minimum Gasteiger partial charge on any atom is -0.465 e. The van der Waals surface area contributed by atoms with Gasteiger partial charge in [0.05, 0.1) is 24.2 Å². The standard InChI is InChI=1S/C24H30N4O7S2.ClH/c1-4-35-24(31)27-11-13-28(14-12-27)37(32,33)17-7-5-16(6-8-17)21(29)25-22-20(23(30)34-3)18-9-10-26(2)15-19(18)36-22;/h5-8H,4,9-15H2,1-3H3,(H,25,29);1H. The molecule has 14 heteroatoms. The van der Waals surface area contributed by atoms with Gasteiger partial charge in [-0.15, -0.1) is 23.7 Å². The van der Waals surface area contributed by atoms with Crippen molar-refractivity contribution in [2.24, 2.45) is 0 Å². The Morgan fingerprint density at radius 2 is 1.71 bits per heavy atom. The molecule has 1 fully saturated rings. The maximum atomic E-state index is 13.1. The molecule has 2 aliphatic heterocycles. The molecule has 2 aromatic rings. The monoisotopic (exact) mass is 586 g/mol.